The van der Waals surface area contributed by atoms with E-state index in [2.05, 4.69) is 24.1 Å². The molecule has 1 aromatic heterocycles. The maximum absolute atomic E-state index is 12.9. The molecule has 1 heterocycles. The molecular formula is C19H25N3O. The van der Waals surface area contributed by atoms with E-state index in [1.54, 1.807) is 6.20 Å². The Morgan fingerprint density at radius 3 is 2.43 bits per heavy atom. The zero-order valence-corrected chi connectivity index (χ0v) is 14.3. The van der Waals surface area contributed by atoms with Gasteiger partial charge in [0.15, 0.2) is 0 Å². The maximum atomic E-state index is 12.9. The first kappa shape index (κ1) is 17.0. The van der Waals surface area contributed by atoms with Gasteiger partial charge in [0, 0.05) is 30.5 Å². The molecule has 0 atom stereocenters. The highest BCUT2D eigenvalue weighted by Gasteiger charge is 2.20. The minimum atomic E-state index is -0.0451. The summed E-state index contributed by atoms with van der Waals surface area (Å²) in [5.74, 6) is -0.0451. The zero-order chi connectivity index (χ0) is 16.8. The quantitative estimate of drug-likeness (QED) is 0.878. The fourth-order valence-electron chi connectivity index (χ4n) is 2.39. The van der Waals surface area contributed by atoms with Crippen LogP contribution < -0.4 is 5.32 Å². The van der Waals surface area contributed by atoms with Gasteiger partial charge < -0.3 is 10.2 Å². The van der Waals surface area contributed by atoms with Crippen molar-refractivity contribution in [2.45, 2.75) is 46.3 Å². The number of nitrogens with one attached hydrogen (secondary N) is 1. The SMILES string of the molecule is CC(C)Nc1ccnc(C(=O)N(Cc2ccccc2)C(C)C)c1. The summed E-state index contributed by atoms with van der Waals surface area (Å²) in [6, 6.07) is 14.1. The molecule has 0 saturated carbocycles. The average Bonchev–Trinajstić information content (AvgIpc) is 2.52. The van der Waals surface area contributed by atoms with Crippen LogP contribution in [0.15, 0.2) is 48.7 Å². The lowest BCUT2D eigenvalue weighted by Gasteiger charge is -2.26. The lowest BCUT2D eigenvalue weighted by Crippen LogP contribution is -2.36. The van der Waals surface area contributed by atoms with Crippen LogP contribution in [0.2, 0.25) is 0 Å². The van der Waals surface area contributed by atoms with E-state index in [0.29, 0.717) is 18.3 Å². The molecule has 0 spiro atoms. The monoisotopic (exact) mass is 311 g/mol. The van der Waals surface area contributed by atoms with Gasteiger partial charge in [-0.1, -0.05) is 30.3 Å². The molecule has 1 N–H and O–H groups in total. The van der Waals surface area contributed by atoms with E-state index in [1.807, 2.05) is 61.2 Å². The van der Waals surface area contributed by atoms with Crippen molar-refractivity contribution in [2.24, 2.45) is 0 Å². The summed E-state index contributed by atoms with van der Waals surface area (Å²) in [6.45, 7) is 8.77. The molecule has 2 rings (SSSR count). The van der Waals surface area contributed by atoms with E-state index in [-0.39, 0.29) is 11.9 Å². The third-order valence-corrected chi connectivity index (χ3v) is 3.51. The van der Waals surface area contributed by atoms with Crippen molar-refractivity contribution in [3.05, 3.63) is 59.9 Å². The molecule has 4 nitrogen and oxygen atoms in total. The number of carbonyl (C=O) groups is 1. The Morgan fingerprint density at radius 1 is 1.13 bits per heavy atom. The third-order valence-electron chi connectivity index (χ3n) is 3.51. The number of amides is 1. The summed E-state index contributed by atoms with van der Waals surface area (Å²) in [5.41, 5.74) is 2.51. The van der Waals surface area contributed by atoms with Gasteiger partial charge in [-0.2, -0.15) is 0 Å². The van der Waals surface area contributed by atoms with Crippen molar-refractivity contribution in [1.82, 2.24) is 9.88 Å². The van der Waals surface area contributed by atoms with E-state index >= 15 is 0 Å². The molecule has 0 aliphatic heterocycles. The van der Waals surface area contributed by atoms with Crippen LogP contribution in [0, 0.1) is 0 Å². The second-order valence-corrected chi connectivity index (χ2v) is 6.24. The molecule has 1 amide bonds. The standard InChI is InChI=1S/C19H25N3O/c1-14(2)21-17-10-11-20-18(12-17)19(23)22(15(3)4)13-16-8-6-5-7-9-16/h5-12,14-15H,13H2,1-4H3,(H,20,21). The molecule has 0 aliphatic rings. The van der Waals surface area contributed by atoms with Gasteiger partial charge in [-0.25, -0.2) is 0 Å². The smallest absolute Gasteiger partial charge is 0.273 e. The van der Waals surface area contributed by atoms with Gasteiger partial charge in [0.05, 0.1) is 0 Å². The largest absolute Gasteiger partial charge is 0.383 e. The van der Waals surface area contributed by atoms with Gasteiger partial charge in [0.25, 0.3) is 5.91 Å². The van der Waals surface area contributed by atoms with Crippen LogP contribution in [0.1, 0.15) is 43.7 Å². The van der Waals surface area contributed by atoms with Gasteiger partial charge >= 0.3 is 0 Å². The van der Waals surface area contributed by atoms with Gasteiger partial charge in [-0.15, -0.1) is 0 Å². The summed E-state index contributed by atoms with van der Waals surface area (Å²) in [5, 5.41) is 3.31. The second-order valence-electron chi connectivity index (χ2n) is 6.24. The Bertz CT molecular complexity index is 638. The Morgan fingerprint density at radius 2 is 1.83 bits per heavy atom. The molecule has 0 radical (unpaired) electrons. The predicted molar refractivity (Wildman–Crippen MR) is 94.4 cm³/mol. The van der Waals surface area contributed by atoms with Crippen LogP contribution in [0.4, 0.5) is 5.69 Å². The zero-order valence-electron chi connectivity index (χ0n) is 14.3. The minimum absolute atomic E-state index is 0.0451. The Hall–Kier alpha value is -2.36. The van der Waals surface area contributed by atoms with Crippen LogP contribution in [0.3, 0.4) is 0 Å². The number of aromatic nitrogens is 1. The van der Waals surface area contributed by atoms with Crippen LogP contribution in [-0.2, 0) is 6.54 Å². The van der Waals surface area contributed by atoms with Crippen LogP contribution in [0.5, 0.6) is 0 Å². The highest BCUT2D eigenvalue weighted by Crippen LogP contribution is 2.15. The minimum Gasteiger partial charge on any atom is -0.383 e. The first-order valence-electron chi connectivity index (χ1n) is 8.05. The lowest BCUT2D eigenvalue weighted by molar-refractivity contribution is 0.0684. The topological polar surface area (TPSA) is 45.2 Å². The highest BCUT2D eigenvalue weighted by molar-refractivity contribution is 5.93. The van der Waals surface area contributed by atoms with Crippen molar-refractivity contribution >= 4 is 11.6 Å². The molecule has 0 aliphatic carbocycles. The molecule has 0 bridgehead atoms. The Balaban J connectivity index is 2.21. The molecule has 23 heavy (non-hydrogen) atoms. The van der Waals surface area contributed by atoms with E-state index in [9.17, 15) is 4.79 Å². The van der Waals surface area contributed by atoms with E-state index < -0.39 is 0 Å². The number of pyridine rings is 1. The van der Waals surface area contributed by atoms with Crippen molar-refractivity contribution < 1.29 is 4.79 Å². The van der Waals surface area contributed by atoms with E-state index in [0.717, 1.165) is 11.3 Å². The van der Waals surface area contributed by atoms with Crippen molar-refractivity contribution in [3.8, 4) is 0 Å². The summed E-state index contributed by atoms with van der Waals surface area (Å²) < 4.78 is 0. The number of nitrogens with zero attached hydrogens (tertiary/aromatic N) is 2. The number of benzene rings is 1. The summed E-state index contributed by atoms with van der Waals surface area (Å²) in [7, 11) is 0. The number of rotatable bonds is 6. The summed E-state index contributed by atoms with van der Waals surface area (Å²) >= 11 is 0. The van der Waals surface area contributed by atoms with Gasteiger partial charge in [0.1, 0.15) is 5.69 Å². The number of anilines is 1. The van der Waals surface area contributed by atoms with Gasteiger partial charge in [-0.05, 0) is 45.4 Å². The normalized spacial score (nSPS) is 10.9. The van der Waals surface area contributed by atoms with Crippen molar-refractivity contribution in [1.29, 1.82) is 0 Å². The predicted octanol–water partition coefficient (Wildman–Crippen LogP) is 3.95. The second kappa shape index (κ2) is 7.77. The van der Waals surface area contributed by atoms with E-state index in [1.165, 1.54) is 0 Å². The van der Waals surface area contributed by atoms with Crippen molar-refractivity contribution in [3.63, 3.8) is 0 Å². The number of carbonyl (C=O) groups excluding carboxylic acids is 1. The fourth-order valence-corrected chi connectivity index (χ4v) is 2.39. The molecular weight excluding hydrogens is 286 g/mol. The molecule has 1 aromatic carbocycles. The number of hydrogen-bond acceptors (Lipinski definition) is 3. The van der Waals surface area contributed by atoms with Gasteiger partial charge in [-0.3, -0.25) is 9.78 Å². The molecule has 0 unspecified atom stereocenters. The highest BCUT2D eigenvalue weighted by atomic mass is 16.2. The first-order valence-corrected chi connectivity index (χ1v) is 8.05. The van der Waals surface area contributed by atoms with Crippen LogP contribution >= 0.6 is 0 Å². The first-order chi connectivity index (χ1) is 11.0. The summed E-state index contributed by atoms with van der Waals surface area (Å²) in [6.07, 6.45) is 1.68. The van der Waals surface area contributed by atoms with Crippen LogP contribution in [0.25, 0.3) is 0 Å². The Labute approximate surface area is 138 Å². The fraction of sp³-hybridized carbons (Fsp3) is 0.368. The maximum Gasteiger partial charge on any atom is 0.273 e. The van der Waals surface area contributed by atoms with Crippen LogP contribution in [-0.4, -0.2) is 27.9 Å². The molecule has 0 saturated heterocycles. The van der Waals surface area contributed by atoms with Gasteiger partial charge in [0.2, 0.25) is 0 Å². The van der Waals surface area contributed by atoms with Crippen molar-refractivity contribution in [2.75, 3.05) is 5.32 Å². The lowest BCUT2D eigenvalue weighted by atomic mass is 10.1. The summed E-state index contributed by atoms with van der Waals surface area (Å²) in [4.78, 5) is 19.0. The number of hydrogen-bond donors (Lipinski definition) is 1. The Kier molecular flexibility index (Phi) is 5.74. The molecule has 0 fully saturated rings. The molecule has 122 valence electrons. The molecule has 2 aromatic rings. The van der Waals surface area contributed by atoms with E-state index in [4.69, 9.17) is 0 Å². The average molecular weight is 311 g/mol. The molecule has 4 heteroatoms. The third kappa shape index (κ3) is 4.81.